The number of hydrogen-bond donors (Lipinski definition) is 3. The Hall–Kier alpha value is -2.46. The molecule has 524 valence electrons. The van der Waals surface area contributed by atoms with Crippen LogP contribution >= 0.6 is 15.6 Å². The number of aliphatic hydroxyl groups excluding tert-OH is 1. The van der Waals surface area contributed by atoms with E-state index in [4.69, 9.17) is 37.0 Å². The van der Waals surface area contributed by atoms with E-state index in [2.05, 4.69) is 72.8 Å². The predicted molar refractivity (Wildman–Crippen MR) is 358 cm³/mol. The third kappa shape index (κ3) is 61.5. The highest BCUT2D eigenvalue weighted by Gasteiger charge is 2.30. The van der Waals surface area contributed by atoms with Crippen molar-refractivity contribution in [3.63, 3.8) is 0 Å². The number of allylic oxidation sites excluding steroid dienone is 4. The highest BCUT2D eigenvalue weighted by molar-refractivity contribution is 7.47. The number of unbranched alkanes of at least 4 members (excludes halogenated alkanes) is 29. The number of ether oxygens (including phenoxy) is 4. The summed E-state index contributed by atoms with van der Waals surface area (Å²) in [7, 11) is -9.91. The summed E-state index contributed by atoms with van der Waals surface area (Å²) in [5.74, 6) is 0.0687. The first-order chi connectivity index (χ1) is 42.8. The zero-order valence-corrected chi connectivity index (χ0v) is 59.2. The highest BCUT2D eigenvalue weighted by Crippen LogP contribution is 2.45. The molecule has 0 amide bonds. The van der Waals surface area contributed by atoms with E-state index in [9.17, 15) is 43.2 Å². The van der Waals surface area contributed by atoms with Crippen molar-refractivity contribution in [2.45, 2.75) is 343 Å². The van der Waals surface area contributed by atoms with Gasteiger partial charge in [-0.3, -0.25) is 37.3 Å². The normalized spacial score (nSPS) is 15.0. The van der Waals surface area contributed by atoms with Crippen molar-refractivity contribution in [2.75, 3.05) is 39.6 Å². The highest BCUT2D eigenvalue weighted by atomic mass is 31.2. The minimum atomic E-state index is -4.96. The Balaban J connectivity index is 5.28. The third-order valence-corrected chi connectivity index (χ3v) is 18.1. The molecule has 0 spiro atoms. The van der Waals surface area contributed by atoms with Gasteiger partial charge in [0.25, 0.3) is 0 Å². The molecule has 0 rings (SSSR count). The van der Waals surface area contributed by atoms with Crippen LogP contribution in [0.5, 0.6) is 0 Å². The van der Waals surface area contributed by atoms with Crippen molar-refractivity contribution >= 4 is 39.5 Å². The summed E-state index contributed by atoms with van der Waals surface area (Å²) in [6, 6.07) is 0. The molecule has 7 atom stereocenters. The summed E-state index contributed by atoms with van der Waals surface area (Å²) in [6.45, 7) is 11.7. The Kier molecular flexibility index (Phi) is 58.8. The Morgan fingerprint density at radius 2 is 0.663 bits per heavy atom. The van der Waals surface area contributed by atoms with Gasteiger partial charge in [0.1, 0.15) is 19.3 Å². The fourth-order valence-electron chi connectivity index (χ4n) is 9.94. The number of carbonyl (C=O) groups is 4. The third-order valence-electron chi connectivity index (χ3n) is 16.2. The van der Waals surface area contributed by atoms with Gasteiger partial charge in [-0.2, -0.15) is 0 Å². The summed E-state index contributed by atoms with van der Waals surface area (Å²) >= 11 is 0. The number of carbonyl (C=O) groups excluding carboxylic acids is 4. The van der Waals surface area contributed by atoms with E-state index in [0.29, 0.717) is 31.6 Å². The van der Waals surface area contributed by atoms with Gasteiger partial charge < -0.3 is 33.8 Å². The molecule has 4 unspecified atom stereocenters. The van der Waals surface area contributed by atoms with Gasteiger partial charge in [-0.25, -0.2) is 9.13 Å². The molecule has 0 aromatic carbocycles. The summed E-state index contributed by atoms with van der Waals surface area (Å²) < 4.78 is 68.2. The first-order valence-electron chi connectivity index (χ1n) is 35.7. The van der Waals surface area contributed by atoms with Gasteiger partial charge in [-0.15, -0.1) is 0 Å². The van der Waals surface area contributed by atoms with Gasteiger partial charge in [0.15, 0.2) is 12.2 Å². The molecular weight excluding hydrogens is 1170 g/mol. The minimum absolute atomic E-state index is 0.0835. The van der Waals surface area contributed by atoms with Crippen LogP contribution in [0.2, 0.25) is 0 Å². The quantitative estimate of drug-likeness (QED) is 0.0169. The second-order valence-corrected chi connectivity index (χ2v) is 28.5. The number of aliphatic hydroxyl groups is 1. The number of hydrogen-bond acceptors (Lipinski definition) is 15. The number of phosphoric acid groups is 2. The van der Waals surface area contributed by atoms with Crippen molar-refractivity contribution in [1.29, 1.82) is 0 Å². The van der Waals surface area contributed by atoms with Crippen LogP contribution < -0.4 is 0 Å². The van der Waals surface area contributed by atoms with E-state index in [0.717, 1.165) is 121 Å². The lowest BCUT2D eigenvalue weighted by Gasteiger charge is -2.21. The second kappa shape index (κ2) is 60.5. The first kappa shape index (κ1) is 86.5. The maximum atomic E-state index is 13.0. The molecule has 0 heterocycles. The molecule has 17 nitrogen and oxygen atoms in total. The predicted octanol–water partition coefficient (Wildman–Crippen LogP) is 19.4. The maximum absolute atomic E-state index is 13.0. The van der Waals surface area contributed by atoms with Crippen LogP contribution in [0.3, 0.4) is 0 Å². The molecule has 0 aromatic heterocycles. The van der Waals surface area contributed by atoms with Crippen LogP contribution in [-0.2, 0) is 65.4 Å². The van der Waals surface area contributed by atoms with E-state index >= 15 is 0 Å². The first-order valence-corrected chi connectivity index (χ1v) is 38.7. The lowest BCUT2D eigenvalue weighted by atomic mass is 9.99. The van der Waals surface area contributed by atoms with Crippen LogP contribution in [0.25, 0.3) is 0 Å². The minimum Gasteiger partial charge on any atom is -0.462 e. The maximum Gasteiger partial charge on any atom is 0.472 e. The number of esters is 4. The van der Waals surface area contributed by atoms with Crippen molar-refractivity contribution in [1.82, 2.24) is 0 Å². The Labute approximate surface area is 542 Å². The average molecular weight is 1310 g/mol. The molecule has 0 fully saturated rings. The topological polar surface area (TPSA) is 237 Å². The zero-order valence-electron chi connectivity index (χ0n) is 57.4. The molecule has 19 heteroatoms. The summed E-state index contributed by atoms with van der Waals surface area (Å²) in [5, 5.41) is 10.6. The SMILES string of the molecule is CCCCCC/C=C\C=C/CCCCCCCC(=O)O[C@H](COC(=O)CCCCCCCCC(C)CC)COP(=O)(O)OC[C@H](O)COP(=O)(O)OC[C@@H](COC(=O)CCCCCCCCCCCCC(C)CC)OC(=O)CCCCCCCCCC(C)C. The van der Waals surface area contributed by atoms with E-state index in [1.807, 2.05) is 0 Å². The van der Waals surface area contributed by atoms with Crippen LogP contribution in [0.1, 0.15) is 325 Å². The van der Waals surface area contributed by atoms with Crippen molar-refractivity contribution in [3.8, 4) is 0 Å². The largest absolute Gasteiger partial charge is 0.472 e. The molecule has 89 heavy (non-hydrogen) atoms. The molecule has 0 radical (unpaired) electrons. The fourth-order valence-corrected chi connectivity index (χ4v) is 11.5. The molecule has 0 aliphatic heterocycles. The van der Waals surface area contributed by atoms with Crippen molar-refractivity contribution in [3.05, 3.63) is 24.3 Å². The molecule has 0 bridgehead atoms. The van der Waals surface area contributed by atoms with Crippen LogP contribution in [0.4, 0.5) is 0 Å². The van der Waals surface area contributed by atoms with E-state index in [1.165, 1.54) is 116 Å². The van der Waals surface area contributed by atoms with E-state index in [-0.39, 0.29) is 25.7 Å². The monoisotopic (exact) mass is 1310 g/mol. The molecule has 3 N–H and O–H groups in total. The molecular formula is C70H132O17P2. The Morgan fingerprint density at radius 3 is 1.00 bits per heavy atom. The van der Waals surface area contributed by atoms with Crippen LogP contribution in [0.15, 0.2) is 24.3 Å². The summed E-state index contributed by atoms with van der Waals surface area (Å²) in [6.07, 6.45) is 46.7. The molecule has 0 saturated carbocycles. The lowest BCUT2D eigenvalue weighted by molar-refractivity contribution is -0.161. The lowest BCUT2D eigenvalue weighted by Crippen LogP contribution is -2.30. The molecule has 0 aliphatic rings. The molecule has 0 saturated heterocycles. The van der Waals surface area contributed by atoms with Gasteiger partial charge in [0, 0.05) is 25.7 Å². The zero-order chi connectivity index (χ0) is 65.9. The average Bonchev–Trinajstić information content (AvgIpc) is 3.59. The summed E-state index contributed by atoms with van der Waals surface area (Å²) in [5.41, 5.74) is 0. The Bertz CT molecular complexity index is 1850. The van der Waals surface area contributed by atoms with Crippen molar-refractivity contribution < 1.29 is 80.2 Å². The second-order valence-electron chi connectivity index (χ2n) is 25.5. The van der Waals surface area contributed by atoms with Gasteiger partial charge in [-0.05, 0) is 69.1 Å². The van der Waals surface area contributed by atoms with E-state index < -0.39 is 97.5 Å². The van der Waals surface area contributed by atoms with Gasteiger partial charge in [-0.1, -0.05) is 272 Å². The van der Waals surface area contributed by atoms with Crippen LogP contribution in [0, 0.1) is 17.8 Å². The van der Waals surface area contributed by atoms with E-state index in [1.54, 1.807) is 0 Å². The number of phosphoric ester groups is 2. The molecule has 0 aromatic rings. The van der Waals surface area contributed by atoms with Crippen LogP contribution in [-0.4, -0.2) is 96.7 Å². The fraction of sp³-hybridized carbons (Fsp3) is 0.886. The van der Waals surface area contributed by atoms with Gasteiger partial charge in [0.05, 0.1) is 26.4 Å². The van der Waals surface area contributed by atoms with Gasteiger partial charge in [0.2, 0.25) is 0 Å². The summed E-state index contributed by atoms with van der Waals surface area (Å²) in [4.78, 5) is 72.5. The van der Waals surface area contributed by atoms with Crippen molar-refractivity contribution in [2.24, 2.45) is 17.8 Å². The number of rotatable bonds is 66. The van der Waals surface area contributed by atoms with Gasteiger partial charge >= 0.3 is 39.5 Å². The Morgan fingerprint density at radius 1 is 0.371 bits per heavy atom. The smallest absolute Gasteiger partial charge is 0.462 e. The molecule has 0 aliphatic carbocycles. The standard InChI is InChI=1S/C70H132O17P2/c1-8-11-12-13-14-15-16-17-18-19-20-25-30-39-46-53-69(74)86-66(58-81-68(73)52-45-38-33-32-36-43-50-63(7)10-3)60-85-89(78,79)83-56-64(71)55-82-88(76,77)84-59-65(87-70(75)54-47-40-31-26-27-34-41-48-61(4)5)57-80-67(72)51-44-37-29-24-22-21-23-28-35-42-49-62(6)9-2/h15-18,61-66,71H,8-14,19-60H2,1-7H3,(H,76,77)(H,78,79)/b16-15-,18-17-/t62?,63?,64-,65-,66-/m1/s1.